The Balaban J connectivity index is 2.29. The third kappa shape index (κ3) is 6.11. The number of aryl methyl sites for hydroxylation is 1. The lowest BCUT2D eigenvalue weighted by molar-refractivity contribution is 0.575. The minimum Gasteiger partial charge on any atom is -0.320 e. The molecule has 0 amide bonds. The minimum atomic E-state index is -3.16. The Morgan fingerprint density at radius 3 is 2.76 bits per heavy atom. The van der Waals surface area contributed by atoms with E-state index in [-0.39, 0.29) is 5.75 Å². The Labute approximate surface area is 107 Å². The van der Waals surface area contributed by atoms with Crippen LogP contribution in [0.15, 0.2) is 5.38 Å². The number of nitrogens with zero attached hydrogens (tertiary/aromatic N) is 1. The van der Waals surface area contributed by atoms with Gasteiger partial charge in [-0.3, -0.25) is 0 Å². The highest BCUT2D eigenvalue weighted by molar-refractivity contribution is 7.89. The van der Waals surface area contributed by atoms with E-state index in [1.165, 1.54) is 11.3 Å². The first-order valence-electron chi connectivity index (χ1n) is 5.56. The van der Waals surface area contributed by atoms with Crippen LogP contribution in [-0.2, 0) is 16.6 Å². The molecule has 1 rings (SSSR count). The molecule has 0 aliphatic rings. The van der Waals surface area contributed by atoms with E-state index in [9.17, 15) is 8.42 Å². The highest BCUT2D eigenvalue weighted by Crippen LogP contribution is 2.07. The summed E-state index contributed by atoms with van der Waals surface area (Å²) in [5, 5.41) is 5.82. The van der Waals surface area contributed by atoms with E-state index in [4.69, 9.17) is 0 Å². The van der Waals surface area contributed by atoms with E-state index in [0.29, 0.717) is 13.0 Å². The first-order valence-corrected chi connectivity index (χ1v) is 8.09. The monoisotopic (exact) mass is 277 g/mol. The van der Waals surface area contributed by atoms with Crippen LogP contribution in [-0.4, -0.2) is 32.7 Å². The molecule has 5 nitrogen and oxygen atoms in total. The van der Waals surface area contributed by atoms with Crippen LogP contribution in [0.3, 0.4) is 0 Å². The Bertz CT molecular complexity index is 429. The SMILES string of the molecule is CNCCCCS(=O)(=O)NCc1csc(C)n1. The predicted molar refractivity (Wildman–Crippen MR) is 70.6 cm³/mol. The maximum atomic E-state index is 11.6. The second-order valence-electron chi connectivity index (χ2n) is 3.81. The van der Waals surface area contributed by atoms with E-state index in [2.05, 4.69) is 15.0 Å². The van der Waals surface area contributed by atoms with Crippen LogP contribution in [0.2, 0.25) is 0 Å². The maximum absolute atomic E-state index is 11.6. The van der Waals surface area contributed by atoms with Gasteiger partial charge in [0, 0.05) is 5.38 Å². The normalized spacial score (nSPS) is 11.9. The summed E-state index contributed by atoms with van der Waals surface area (Å²) in [4.78, 5) is 4.21. The minimum absolute atomic E-state index is 0.178. The van der Waals surface area contributed by atoms with Crippen molar-refractivity contribution in [2.24, 2.45) is 0 Å². The van der Waals surface area contributed by atoms with Crippen LogP contribution in [0.5, 0.6) is 0 Å². The number of hydrogen-bond acceptors (Lipinski definition) is 5. The Hall–Kier alpha value is -0.500. The van der Waals surface area contributed by atoms with Crippen molar-refractivity contribution in [1.82, 2.24) is 15.0 Å². The average Bonchev–Trinajstić information content (AvgIpc) is 2.68. The lowest BCUT2D eigenvalue weighted by Gasteiger charge is -2.05. The number of unbranched alkanes of at least 4 members (excludes halogenated alkanes) is 1. The molecule has 7 heteroatoms. The van der Waals surface area contributed by atoms with Crippen LogP contribution in [0, 0.1) is 6.92 Å². The molecule has 0 atom stereocenters. The lowest BCUT2D eigenvalue weighted by atomic mass is 10.3. The summed E-state index contributed by atoms with van der Waals surface area (Å²) in [5.74, 6) is 0.178. The summed E-state index contributed by atoms with van der Waals surface area (Å²) in [6.45, 7) is 3.04. The number of sulfonamides is 1. The molecular formula is C10H19N3O2S2. The van der Waals surface area contributed by atoms with Crippen molar-refractivity contribution in [3.8, 4) is 0 Å². The number of thiazole rings is 1. The predicted octanol–water partition coefficient (Wildman–Crippen LogP) is 0.871. The second kappa shape index (κ2) is 7.05. The smallest absolute Gasteiger partial charge is 0.211 e. The van der Waals surface area contributed by atoms with Gasteiger partial charge in [0.1, 0.15) is 0 Å². The molecule has 0 radical (unpaired) electrons. The van der Waals surface area contributed by atoms with Crippen LogP contribution in [0.4, 0.5) is 0 Å². The van der Waals surface area contributed by atoms with E-state index < -0.39 is 10.0 Å². The molecule has 17 heavy (non-hydrogen) atoms. The number of hydrogen-bond donors (Lipinski definition) is 2. The van der Waals surface area contributed by atoms with Gasteiger partial charge in [0.15, 0.2) is 0 Å². The summed E-state index contributed by atoms with van der Waals surface area (Å²) in [6, 6.07) is 0. The summed E-state index contributed by atoms with van der Waals surface area (Å²) in [5.41, 5.74) is 0.784. The van der Waals surface area contributed by atoms with Gasteiger partial charge in [-0.15, -0.1) is 11.3 Å². The summed E-state index contributed by atoms with van der Waals surface area (Å²) < 4.78 is 25.8. The number of rotatable bonds is 8. The van der Waals surface area contributed by atoms with Crippen LogP contribution < -0.4 is 10.0 Å². The fraction of sp³-hybridized carbons (Fsp3) is 0.700. The molecule has 1 aromatic rings. The third-order valence-corrected chi connectivity index (χ3v) is 4.46. The quantitative estimate of drug-likeness (QED) is 0.692. The topological polar surface area (TPSA) is 71.1 Å². The van der Waals surface area contributed by atoms with Crippen molar-refractivity contribution in [3.05, 3.63) is 16.1 Å². The van der Waals surface area contributed by atoms with Crippen molar-refractivity contribution < 1.29 is 8.42 Å². The van der Waals surface area contributed by atoms with Gasteiger partial charge in [0.05, 0.1) is 23.0 Å². The molecule has 0 saturated carbocycles. The van der Waals surface area contributed by atoms with Crippen molar-refractivity contribution >= 4 is 21.4 Å². The van der Waals surface area contributed by atoms with Gasteiger partial charge in [-0.05, 0) is 33.4 Å². The molecule has 0 saturated heterocycles. The molecule has 0 aliphatic carbocycles. The fourth-order valence-corrected chi connectivity index (χ4v) is 3.05. The highest BCUT2D eigenvalue weighted by atomic mass is 32.2. The Kier molecular flexibility index (Phi) is 6.04. The van der Waals surface area contributed by atoms with Crippen molar-refractivity contribution in [3.63, 3.8) is 0 Å². The molecule has 0 aliphatic heterocycles. The maximum Gasteiger partial charge on any atom is 0.211 e. The standard InChI is InChI=1S/C10H19N3O2S2/c1-9-13-10(8-16-9)7-12-17(14,15)6-4-3-5-11-2/h8,11-12H,3-7H2,1-2H3. The van der Waals surface area contributed by atoms with E-state index in [0.717, 1.165) is 23.7 Å². The number of aromatic nitrogens is 1. The van der Waals surface area contributed by atoms with Gasteiger partial charge >= 0.3 is 0 Å². The molecule has 0 spiro atoms. The second-order valence-corrected chi connectivity index (χ2v) is 6.80. The molecular weight excluding hydrogens is 258 g/mol. The molecule has 98 valence electrons. The molecule has 2 N–H and O–H groups in total. The van der Waals surface area contributed by atoms with Gasteiger partial charge in [-0.1, -0.05) is 0 Å². The van der Waals surface area contributed by atoms with E-state index in [1.807, 2.05) is 19.4 Å². The van der Waals surface area contributed by atoms with E-state index in [1.54, 1.807) is 0 Å². The zero-order valence-corrected chi connectivity index (χ0v) is 11.8. The molecule has 0 aromatic carbocycles. The van der Waals surface area contributed by atoms with Gasteiger partial charge in [0.2, 0.25) is 10.0 Å². The Morgan fingerprint density at radius 2 is 2.18 bits per heavy atom. The molecule has 0 unspecified atom stereocenters. The summed E-state index contributed by atoms with van der Waals surface area (Å²) in [6.07, 6.45) is 1.54. The van der Waals surface area contributed by atoms with Crippen LogP contribution in [0.25, 0.3) is 0 Å². The molecule has 1 aromatic heterocycles. The third-order valence-electron chi connectivity index (χ3n) is 2.23. The first-order chi connectivity index (χ1) is 8.03. The molecule has 1 heterocycles. The zero-order valence-electron chi connectivity index (χ0n) is 10.2. The fourth-order valence-electron chi connectivity index (χ4n) is 1.34. The van der Waals surface area contributed by atoms with Gasteiger partial charge in [-0.25, -0.2) is 18.1 Å². The van der Waals surface area contributed by atoms with E-state index >= 15 is 0 Å². The van der Waals surface area contributed by atoms with Gasteiger partial charge < -0.3 is 5.32 Å². The van der Waals surface area contributed by atoms with Crippen LogP contribution >= 0.6 is 11.3 Å². The molecule has 0 bridgehead atoms. The average molecular weight is 277 g/mol. The number of nitrogens with one attached hydrogen (secondary N) is 2. The zero-order chi connectivity index (χ0) is 12.7. The summed E-state index contributed by atoms with van der Waals surface area (Å²) >= 11 is 1.53. The molecule has 0 fully saturated rings. The largest absolute Gasteiger partial charge is 0.320 e. The van der Waals surface area contributed by atoms with Crippen molar-refractivity contribution in [2.75, 3.05) is 19.3 Å². The van der Waals surface area contributed by atoms with Crippen molar-refractivity contribution in [2.45, 2.75) is 26.3 Å². The van der Waals surface area contributed by atoms with Gasteiger partial charge in [0.25, 0.3) is 0 Å². The highest BCUT2D eigenvalue weighted by Gasteiger charge is 2.10. The lowest BCUT2D eigenvalue weighted by Crippen LogP contribution is -2.26. The summed E-state index contributed by atoms with van der Waals surface area (Å²) in [7, 11) is -1.31. The Morgan fingerprint density at radius 1 is 1.41 bits per heavy atom. The van der Waals surface area contributed by atoms with Crippen LogP contribution in [0.1, 0.15) is 23.5 Å². The first kappa shape index (κ1) is 14.6. The van der Waals surface area contributed by atoms with Crippen molar-refractivity contribution in [1.29, 1.82) is 0 Å². The van der Waals surface area contributed by atoms with Gasteiger partial charge in [-0.2, -0.15) is 0 Å².